The van der Waals surface area contributed by atoms with Gasteiger partial charge in [-0.25, -0.2) is 0 Å². The first-order chi connectivity index (χ1) is 12.2. The number of rotatable bonds is 10. The fourth-order valence-electron chi connectivity index (χ4n) is 1.50. The lowest BCUT2D eigenvalue weighted by atomic mass is 10.1. The summed E-state index contributed by atoms with van der Waals surface area (Å²) in [5.41, 5.74) is 0. The third kappa shape index (κ3) is 14.6. The van der Waals surface area contributed by atoms with Crippen molar-refractivity contribution in [1.82, 2.24) is 0 Å². The summed E-state index contributed by atoms with van der Waals surface area (Å²) in [6, 6.07) is 0. The van der Waals surface area contributed by atoms with E-state index in [9.17, 15) is 19.2 Å². The zero-order chi connectivity index (χ0) is 20.5. The molecule has 0 amide bonds. The van der Waals surface area contributed by atoms with E-state index in [-0.39, 0.29) is 23.8 Å². The number of hydrogen-bond donors (Lipinski definition) is 0. The monoisotopic (exact) mass is 372 g/mol. The molecule has 0 aromatic heterocycles. The van der Waals surface area contributed by atoms with Gasteiger partial charge in [-0.15, -0.1) is 0 Å². The van der Waals surface area contributed by atoms with Crippen molar-refractivity contribution in [3.05, 3.63) is 0 Å². The average molecular weight is 373 g/mol. The van der Waals surface area contributed by atoms with Crippen LogP contribution in [-0.2, 0) is 28.7 Å². The summed E-state index contributed by atoms with van der Waals surface area (Å²) >= 11 is 0. The normalized spacial score (nSPS) is 12.2. The van der Waals surface area contributed by atoms with Crippen molar-refractivity contribution in [2.45, 2.75) is 92.9 Å². The average Bonchev–Trinajstić information content (AvgIpc) is 2.63. The molecule has 0 bridgehead atoms. The van der Waals surface area contributed by atoms with Crippen LogP contribution in [0.4, 0.5) is 0 Å². The number of carbonyl (C=O) groups excluding carboxylic acids is 4. The van der Waals surface area contributed by atoms with Gasteiger partial charge in [0.1, 0.15) is 0 Å². The van der Waals surface area contributed by atoms with E-state index >= 15 is 0 Å². The van der Waals surface area contributed by atoms with Gasteiger partial charge >= 0.3 is 23.9 Å². The molecule has 0 saturated carbocycles. The zero-order valence-corrected chi connectivity index (χ0v) is 17.3. The molecule has 0 aliphatic heterocycles. The highest BCUT2D eigenvalue weighted by Crippen LogP contribution is 2.08. The van der Waals surface area contributed by atoms with Gasteiger partial charge in [-0.3, -0.25) is 19.2 Å². The van der Waals surface area contributed by atoms with E-state index in [1.165, 1.54) is 0 Å². The fraction of sp³-hybridized carbons (Fsp3) is 0.800. The van der Waals surface area contributed by atoms with E-state index in [2.05, 4.69) is 9.47 Å². The Hall–Kier alpha value is -1.72. The molecule has 0 fully saturated rings. The Bertz CT molecular complexity index is 392. The summed E-state index contributed by atoms with van der Waals surface area (Å²) < 4.78 is 9.25. The molecule has 0 rings (SSSR count). The van der Waals surface area contributed by atoms with Gasteiger partial charge in [-0.2, -0.15) is 0 Å². The highest BCUT2D eigenvalue weighted by Gasteiger charge is 2.19. The van der Waals surface area contributed by atoms with Gasteiger partial charge in [0, 0.05) is 12.8 Å². The fourth-order valence-corrected chi connectivity index (χ4v) is 1.50. The third-order valence-corrected chi connectivity index (χ3v) is 3.93. The second kappa shape index (κ2) is 16.7. The number of unbranched alkanes of at least 4 members (excludes halogenated alkanes) is 2. The Balaban J connectivity index is 0. The molecule has 0 aromatic rings. The van der Waals surface area contributed by atoms with Gasteiger partial charge in [-0.05, 0) is 25.7 Å². The molecule has 0 aliphatic carbocycles. The third-order valence-electron chi connectivity index (χ3n) is 3.93. The number of esters is 4. The first kappa shape index (κ1) is 26.5. The molecule has 0 heterocycles. The molecule has 6 heteroatoms. The highest BCUT2D eigenvalue weighted by atomic mass is 16.6. The second-order valence-electron chi connectivity index (χ2n) is 6.41. The first-order valence-corrected chi connectivity index (χ1v) is 9.72. The number of ether oxygens (including phenoxy) is 2. The summed E-state index contributed by atoms with van der Waals surface area (Å²) in [6.07, 6.45) is 5.58. The van der Waals surface area contributed by atoms with E-state index in [0.717, 1.165) is 25.7 Å². The molecule has 26 heavy (non-hydrogen) atoms. The summed E-state index contributed by atoms with van der Waals surface area (Å²) in [5.74, 6) is -1.97. The summed E-state index contributed by atoms with van der Waals surface area (Å²) in [7, 11) is 0. The molecular weight excluding hydrogens is 336 g/mol. The second-order valence-corrected chi connectivity index (χ2v) is 6.41. The minimum Gasteiger partial charge on any atom is -0.393 e. The molecule has 2 atom stereocenters. The van der Waals surface area contributed by atoms with Gasteiger partial charge in [-0.1, -0.05) is 54.4 Å². The summed E-state index contributed by atoms with van der Waals surface area (Å²) in [6.45, 7) is 11.3. The van der Waals surface area contributed by atoms with Crippen LogP contribution in [-0.4, -0.2) is 23.9 Å². The van der Waals surface area contributed by atoms with E-state index in [1.807, 2.05) is 27.7 Å². The van der Waals surface area contributed by atoms with E-state index < -0.39 is 11.9 Å². The van der Waals surface area contributed by atoms with Gasteiger partial charge in [0.05, 0.1) is 11.8 Å². The van der Waals surface area contributed by atoms with Crippen molar-refractivity contribution in [2.75, 3.05) is 0 Å². The van der Waals surface area contributed by atoms with Gasteiger partial charge in [0.25, 0.3) is 0 Å². The van der Waals surface area contributed by atoms with Crippen molar-refractivity contribution in [1.29, 1.82) is 0 Å². The lowest BCUT2D eigenvalue weighted by Gasteiger charge is -2.10. The van der Waals surface area contributed by atoms with Crippen molar-refractivity contribution in [2.24, 2.45) is 11.8 Å². The predicted octanol–water partition coefficient (Wildman–Crippen LogP) is 4.59. The van der Waals surface area contributed by atoms with Crippen LogP contribution in [0.3, 0.4) is 0 Å². The lowest BCUT2D eigenvalue weighted by molar-refractivity contribution is -0.165. The molecule has 0 aliphatic rings. The molecule has 0 radical (unpaired) electrons. The lowest BCUT2D eigenvalue weighted by Crippen LogP contribution is -2.22. The summed E-state index contributed by atoms with van der Waals surface area (Å²) in [4.78, 5) is 44.2. The Morgan fingerprint density at radius 3 is 1.27 bits per heavy atom. The van der Waals surface area contributed by atoms with Crippen LogP contribution in [0.2, 0.25) is 0 Å². The predicted molar refractivity (Wildman–Crippen MR) is 100 cm³/mol. The first-order valence-electron chi connectivity index (χ1n) is 9.72. The Kier molecular flexibility index (Phi) is 17.1. The highest BCUT2D eigenvalue weighted by molar-refractivity contribution is 5.87. The van der Waals surface area contributed by atoms with E-state index in [0.29, 0.717) is 25.7 Å². The molecule has 0 N–H and O–H groups in total. The minimum absolute atomic E-state index is 0.187. The molecular formula is C20H36O6. The van der Waals surface area contributed by atoms with E-state index in [1.54, 1.807) is 13.8 Å². The summed E-state index contributed by atoms with van der Waals surface area (Å²) in [5, 5.41) is 0. The van der Waals surface area contributed by atoms with Crippen LogP contribution in [0.15, 0.2) is 0 Å². The minimum atomic E-state index is -0.409. The number of carbonyl (C=O) groups is 4. The van der Waals surface area contributed by atoms with Gasteiger partial charge < -0.3 is 9.47 Å². The molecule has 0 spiro atoms. The topological polar surface area (TPSA) is 86.7 Å². The maximum atomic E-state index is 11.2. The zero-order valence-electron chi connectivity index (χ0n) is 17.3. The van der Waals surface area contributed by atoms with Crippen LogP contribution in [0.5, 0.6) is 0 Å². The maximum Gasteiger partial charge on any atom is 0.316 e. The van der Waals surface area contributed by atoms with Crippen molar-refractivity contribution in [3.8, 4) is 0 Å². The van der Waals surface area contributed by atoms with Crippen molar-refractivity contribution >= 4 is 23.9 Å². The molecule has 0 aromatic carbocycles. The molecule has 6 nitrogen and oxygen atoms in total. The maximum absolute atomic E-state index is 11.2. The van der Waals surface area contributed by atoms with Crippen LogP contribution >= 0.6 is 0 Å². The smallest absolute Gasteiger partial charge is 0.316 e. The van der Waals surface area contributed by atoms with Crippen molar-refractivity contribution in [3.63, 3.8) is 0 Å². The number of hydrogen-bond acceptors (Lipinski definition) is 6. The largest absolute Gasteiger partial charge is 0.393 e. The molecule has 2 unspecified atom stereocenters. The van der Waals surface area contributed by atoms with Crippen LogP contribution < -0.4 is 0 Å². The Morgan fingerprint density at radius 1 is 0.654 bits per heavy atom. The van der Waals surface area contributed by atoms with Crippen molar-refractivity contribution < 1.29 is 28.7 Å². The Morgan fingerprint density at radius 2 is 1.00 bits per heavy atom. The van der Waals surface area contributed by atoms with Crippen LogP contribution in [0.1, 0.15) is 92.9 Å². The standard InChI is InChI=1S/2C10H18O3/c1-5-7(3)9(11)13-10(12)8(4)6-2;1-3-5-7-9(11)13-10(12)8-6-4-2/h7-8H,5-6H2,1-4H3;3-8H2,1-2H3. The van der Waals surface area contributed by atoms with E-state index in [4.69, 9.17) is 0 Å². The molecule has 0 saturated heterocycles. The van der Waals surface area contributed by atoms with Crippen LogP contribution in [0, 0.1) is 11.8 Å². The SMILES string of the molecule is CCC(C)C(=O)OC(=O)C(C)CC.CCCCC(=O)OC(=O)CCCC. The van der Waals surface area contributed by atoms with Crippen LogP contribution in [0.25, 0.3) is 0 Å². The molecule has 152 valence electrons. The Labute approximate surface area is 158 Å². The quantitative estimate of drug-likeness (QED) is 0.412. The van der Waals surface area contributed by atoms with Gasteiger partial charge in [0.15, 0.2) is 0 Å². The van der Waals surface area contributed by atoms with Gasteiger partial charge in [0.2, 0.25) is 0 Å².